The highest BCUT2D eigenvalue weighted by Crippen LogP contribution is 2.23. The predicted octanol–water partition coefficient (Wildman–Crippen LogP) is 3.00. The maximum atomic E-state index is 14.1. The molecule has 1 amide bonds. The normalized spacial score (nSPS) is 11.0. The van der Waals surface area contributed by atoms with E-state index in [-0.39, 0.29) is 17.8 Å². The summed E-state index contributed by atoms with van der Waals surface area (Å²) < 4.78 is 14.1. The average molecular weight is 295 g/mol. The first-order valence-corrected chi connectivity index (χ1v) is 7.37. The van der Waals surface area contributed by atoms with E-state index in [2.05, 4.69) is 10.6 Å². The molecule has 0 saturated heterocycles. The third-order valence-corrected chi connectivity index (χ3v) is 3.29. The Hall–Kier alpha value is -1.62. The third kappa shape index (κ3) is 5.71. The van der Waals surface area contributed by atoms with Gasteiger partial charge in [-0.3, -0.25) is 4.79 Å². The Kier molecular flexibility index (Phi) is 6.62. The van der Waals surface area contributed by atoms with E-state index in [0.717, 1.165) is 0 Å². The summed E-state index contributed by atoms with van der Waals surface area (Å²) in [6.45, 7) is 8.66. The third-order valence-electron chi connectivity index (χ3n) is 3.29. The molecule has 0 bridgehead atoms. The van der Waals surface area contributed by atoms with Crippen molar-refractivity contribution in [2.75, 3.05) is 23.8 Å². The van der Waals surface area contributed by atoms with Crippen LogP contribution in [0.15, 0.2) is 18.2 Å². The number of rotatable bonds is 7. The van der Waals surface area contributed by atoms with Crippen LogP contribution >= 0.6 is 0 Å². The fraction of sp³-hybridized carbons (Fsp3) is 0.562. The molecule has 0 aliphatic heterocycles. The molecule has 0 spiro atoms. The molecule has 0 heterocycles. The van der Waals surface area contributed by atoms with Gasteiger partial charge in [-0.05, 0) is 32.0 Å². The highest BCUT2D eigenvalue weighted by Gasteiger charge is 2.12. The van der Waals surface area contributed by atoms with Crippen LogP contribution in [0.3, 0.4) is 0 Å². The minimum absolute atomic E-state index is 0.118. The van der Waals surface area contributed by atoms with E-state index in [4.69, 9.17) is 0 Å². The molecule has 0 aliphatic carbocycles. The highest BCUT2D eigenvalue weighted by atomic mass is 19.1. The molecule has 4 nitrogen and oxygen atoms in total. The lowest BCUT2D eigenvalue weighted by atomic mass is 10.2. The summed E-state index contributed by atoms with van der Waals surface area (Å²) in [4.78, 5) is 13.6. The molecule has 0 saturated carbocycles. The molecule has 1 aromatic carbocycles. The van der Waals surface area contributed by atoms with E-state index in [9.17, 15) is 9.18 Å². The standard InChI is InChI=1S/C16H26FN3O/c1-11(2)18-9-8-16(21)19-13-6-7-15(14(17)10-13)20(5)12(3)4/h6-7,10-12,18H,8-9H2,1-5H3,(H,19,21). The van der Waals surface area contributed by atoms with E-state index in [1.54, 1.807) is 12.1 Å². The molecule has 0 atom stereocenters. The van der Waals surface area contributed by atoms with E-state index in [0.29, 0.717) is 30.4 Å². The van der Waals surface area contributed by atoms with Crippen molar-refractivity contribution in [3.63, 3.8) is 0 Å². The van der Waals surface area contributed by atoms with Crippen LogP contribution in [-0.4, -0.2) is 31.6 Å². The fourth-order valence-electron chi connectivity index (χ4n) is 1.85. The number of nitrogens with zero attached hydrogens (tertiary/aromatic N) is 1. The van der Waals surface area contributed by atoms with Crippen molar-refractivity contribution in [1.29, 1.82) is 0 Å². The van der Waals surface area contributed by atoms with Gasteiger partial charge < -0.3 is 15.5 Å². The van der Waals surface area contributed by atoms with E-state index in [1.165, 1.54) is 6.07 Å². The maximum Gasteiger partial charge on any atom is 0.225 e. The second kappa shape index (κ2) is 7.98. The molecular formula is C16H26FN3O. The Morgan fingerprint density at radius 1 is 1.29 bits per heavy atom. The number of carbonyl (C=O) groups excluding carboxylic acids is 1. The number of halogens is 1. The molecule has 0 aliphatic rings. The molecule has 0 fully saturated rings. The van der Waals surface area contributed by atoms with Crippen molar-refractivity contribution in [2.45, 2.75) is 46.2 Å². The first-order valence-electron chi connectivity index (χ1n) is 7.37. The molecule has 118 valence electrons. The largest absolute Gasteiger partial charge is 0.370 e. The van der Waals surface area contributed by atoms with Crippen LogP contribution in [0.25, 0.3) is 0 Å². The molecule has 0 unspecified atom stereocenters. The lowest BCUT2D eigenvalue weighted by molar-refractivity contribution is -0.116. The molecule has 1 aromatic rings. The first-order chi connectivity index (χ1) is 9.81. The van der Waals surface area contributed by atoms with E-state index < -0.39 is 0 Å². The van der Waals surface area contributed by atoms with Gasteiger partial charge in [0.25, 0.3) is 0 Å². The number of anilines is 2. The van der Waals surface area contributed by atoms with Gasteiger partial charge >= 0.3 is 0 Å². The minimum atomic E-state index is -0.329. The smallest absolute Gasteiger partial charge is 0.225 e. The van der Waals surface area contributed by atoms with Crippen LogP contribution in [0.1, 0.15) is 34.1 Å². The van der Waals surface area contributed by atoms with Crippen LogP contribution in [-0.2, 0) is 4.79 Å². The van der Waals surface area contributed by atoms with Crippen LogP contribution in [0, 0.1) is 5.82 Å². The molecular weight excluding hydrogens is 269 g/mol. The van der Waals surface area contributed by atoms with Gasteiger partial charge in [0.15, 0.2) is 0 Å². The number of carbonyl (C=O) groups is 1. The predicted molar refractivity (Wildman–Crippen MR) is 86.3 cm³/mol. The van der Waals surface area contributed by atoms with E-state index >= 15 is 0 Å². The maximum absolute atomic E-state index is 14.1. The van der Waals surface area contributed by atoms with Gasteiger partial charge in [-0.1, -0.05) is 13.8 Å². The van der Waals surface area contributed by atoms with Gasteiger partial charge in [-0.2, -0.15) is 0 Å². The minimum Gasteiger partial charge on any atom is -0.370 e. The number of hydrogen-bond donors (Lipinski definition) is 2. The topological polar surface area (TPSA) is 44.4 Å². The van der Waals surface area contributed by atoms with Gasteiger partial charge in [-0.25, -0.2) is 4.39 Å². The van der Waals surface area contributed by atoms with Gasteiger partial charge in [-0.15, -0.1) is 0 Å². The molecule has 0 radical (unpaired) electrons. The Bertz CT molecular complexity index is 475. The number of benzene rings is 1. The lowest BCUT2D eigenvalue weighted by Crippen LogP contribution is -2.27. The van der Waals surface area contributed by atoms with Gasteiger partial charge in [0.05, 0.1) is 5.69 Å². The molecule has 0 aromatic heterocycles. The Morgan fingerprint density at radius 2 is 1.95 bits per heavy atom. The molecule has 1 rings (SSSR count). The quantitative estimate of drug-likeness (QED) is 0.813. The van der Waals surface area contributed by atoms with Gasteiger partial charge in [0, 0.05) is 37.8 Å². The lowest BCUT2D eigenvalue weighted by Gasteiger charge is -2.24. The highest BCUT2D eigenvalue weighted by molar-refractivity contribution is 5.91. The van der Waals surface area contributed by atoms with Gasteiger partial charge in [0.1, 0.15) is 5.82 Å². The Balaban J connectivity index is 2.61. The van der Waals surface area contributed by atoms with Crippen molar-refractivity contribution in [3.8, 4) is 0 Å². The van der Waals surface area contributed by atoms with Crippen LogP contribution in [0.5, 0.6) is 0 Å². The fourth-order valence-corrected chi connectivity index (χ4v) is 1.85. The number of amides is 1. The van der Waals surface area contributed by atoms with Crippen molar-refractivity contribution < 1.29 is 9.18 Å². The summed E-state index contributed by atoms with van der Waals surface area (Å²) >= 11 is 0. The van der Waals surface area contributed by atoms with Crippen LogP contribution in [0.4, 0.5) is 15.8 Å². The van der Waals surface area contributed by atoms with Crippen molar-refractivity contribution in [2.24, 2.45) is 0 Å². The van der Waals surface area contributed by atoms with Crippen molar-refractivity contribution in [1.82, 2.24) is 5.32 Å². The summed E-state index contributed by atoms with van der Waals surface area (Å²) in [6, 6.07) is 5.34. The average Bonchev–Trinajstić information content (AvgIpc) is 2.37. The number of hydrogen-bond acceptors (Lipinski definition) is 3. The summed E-state index contributed by atoms with van der Waals surface area (Å²) in [5.41, 5.74) is 1.02. The zero-order valence-electron chi connectivity index (χ0n) is 13.5. The Labute approximate surface area is 126 Å². The summed E-state index contributed by atoms with van der Waals surface area (Å²) in [6.07, 6.45) is 0.368. The SMILES string of the molecule is CC(C)NCCC(=O)Nc1ccc(N(C)C(C)C)c(F)c1. The van der Waals surface area contributed by atoms with Gasteiger partial charge in [0.2, 0.25) is 5.91 Å². The second-order valence-corrected chi connectivity index (χ2v) is 5.78. The number of nitrogens with one attached hydrogen (secondary N) is 2. The summed E-state index contributed by atoms with van der Waals surface area (Å²) in [5, 5.41) is 5.88. The molecule has 5 heteroatoms. The van der Waals surface area contributed by atoms with Crippen LogP contribution < -0.4 is 15.5 Å². The van der Waals surface area contributed by atoms with Crippen molar-refractivity contribution >= 4 is 17.3 Å². The molecule has 21 heavy (non-hydrogen) atoms. The van der Waals surface area contributed by atoms with Crippen molar-refractivity contribution in [3.05, 3.63) is 24.0 Å². The second-order valence-electron chi connectivity index (χ2n) is 5.78. The summed E-state index contributed by atoms with van der Waals surface area (Å²) in [5.74, 6) is -0.447. The van der Waals surface area contributed by atoms with E-state index in [1.807, 2.05) is 39.6 Å². The molecule has 2 N–H and O–H groups in total. The zero-order valence-corrected chi connectivity index (χ0v) is 13.5. The Morgan fingerprint density at radius 3 is 2.48 bits per heavy atom. The van der Waals surface area contributed by atoms with Crippen LogP contribution in [0.2, 0.25) is 0 Å². The summed E-state index contributed by atoms with van der Waals surface area (Å²) in [7, 11) is 1.85. The monoisotopic (exact) mass is 295 g/mol. The zero-order chi connectivity index (χ0) is 16.0. The first kappa shape index (κ1) is 17.4.